The number of hydrogen-bond acceptors (Lipinski definition) is 3. The molecular formula is C13H16N2O2. The standard InChI is InChI=1S/C13H16N2O2/c1-2-17-12-5-3-11(4-6-12)13(16)9-15-8-7-14-10-15/h3-8,10,13,16H,2,9H2,1H3. The van der Waals surface area contributed by atoms with Gasteiger partial charge >= 0.3 is 0 Å². The van der Waals surface area contributed by atoms with Gasteiger partial charge in [-0.15, -0.1) is 0 Å². The molecule has 1 N–H and O–H groups in total. The smallest absolute Gasteiger partial charge is 0.119 e. The number of aromatic nitrogens is 2. The Kier molecular flexibility index (Phi) is 3.77. The van der Waals surface area contributed by atoms with Crippen molar-refractivity contribution in [2.45, 2.75) is 19.6 Å². The molecule has 4 nitrogen and oxygen atoms in total. The maximum atomic E-state index is 10.0. The van der Waals surface area contributed by atoms with Crippen molar-refractivity contribution in [2.75, 3.05) is 6.61 Å². The number of nitrogens with zero attached hydrogens (tertiary/aromatic N) is 2. The Balaban J connectivity index is 2.01. The van der Waals surface area contributed by atoms with E-state index in [4.69, 9.17) is 4.74 Å². The molecule has 1 unspecified atom stereocenters. The van der Waals surface area contributed by atoms with E-state index in [0.717, 1.165) is 11.3 Å². The molecular weight excluding hydrogens is 216 g/mol. The van der Waals surface area contributed by atoms with Crippen LogP contribution >= 0.6 is 0 Å². The summed E-state index contributed by atoms with van der Waals surface area (Å²) in [5.74, 6) is 0.825. The molecule has 2 aromatic rings. The van der Waals surface area contributed by atoms with Crippen LogP contribution in [-0.4, -0.2) is 21.3 Å². The van der Waals surface area contributed by atoms with Crippen LogP contribution < -0.4 is 4.74 Å². The summed E-state index contributed by atoms with van der Waals surface area (Å²) < 4.78 is 7.20. The van der Waals surface area contributed by atoms with Gasteiger partial charge in [0.25, 0.3) is 0 Å². The van der Waals surface area contributed by atoms with Crippen molar-refractivity contribution in [3.05, 3.63) is 48.5 Å². The minimum absolute atomic E-state index is 0.508. The second-order valence-corrected chi connectivity index (χ2v) is 3.78. The van der Waals surface area contributed by atoms with Crippen LogP contribution in [-0.2, 0) is 6.54 Å². The number of aliphatic hydroxyl groups excluding tert-OH is 1. The molecule has 0 saturated carbocycles. The molecule has 0 aliphatic rings. The molecule has 1 heterocycles. The number of ether oxygens (including phenoxy) is 1. The van der Waals surface area contributed by atoms with Crippen LogP contribution in [0.2, 0.25) is 0 Å². The topological polar surface area (TPSA) is 47.3 Å². The summed E-state index contributed by atoms with van der Waals surface area (Å²) in [7, 11) is 0. The van der Waals surface area contributed by atoms with Crippen LogP contribution in [0.25, 0.3) is 0 Å². The molecule has 0 fully saturated rings. The highest BCUT2D eigenvalue weighted by Gasteiger charge is 2.07. The first-order chi connectivity index (χ1) is 8.29. The minimum Gasteiger partial charge on any atom is -0.494 e. The molecule has 2 rings (SSSR count). The molecule has 0 radical (unpaired) electrons. The van der Waals surface area contributed by atoms with Gasteiger partial charge in [0.2, 0.25) is 0 Å². The van der Waals surface area contributed by atoms with E-state index in [1.54, 1.807) is 12.5 Å². The zero-order valence-corrected chi connectivity index (χ0v) is 9.78. The van der Waals surface area contributed by atoms with Crippen molar-refractivity contribution in [3.63, 3.8) is 0 Å². The fourth-order valence-electron chi connectivity index (χ4n) is 1.65. The molecule has 4 heteroatoms. The molecule has 0 aliphatic carbocycles. The van der Waals surface area contributed by atoms with E-state index < -0.39 is 6.10 Å². The van der Waals surface area contributed by atoms with E-state index >= 15 is 0 Å². The van der Waals surface area contributed by atoms with Gasteiger partial charge in [-0.2, -0.15) is 0 Å². The Morgan fingerprint density at radius 1 is 1.35 bits per heavy atom. The molecule has 0 spiro atoms. The van der Waals surface area contributed by atoms with Crippen LogP contribution in [0.15, 0.2) is 43.0 Å². The van der Waals surface area contributed by atoms with Gasteiger partial charge in [0.05, 0.1) is 25.6 Å². The molecule has 0 bridgehead atoms. The summed E-state index contributed by atoms with van der Waals surface area (Å²) in [6.07, 6.45) is 4.69. The third-order valence-electron chi connectivity index (χ3n) is 2.52. The Bertz CT molecular complexity index is 437. The summed E-state index contributed by atoms with van der Waals surface area (Å²) in [5, 5.41) is 10.0. The van der Waals surface area contributed by atoms with E-state index in [0.29, 0.717) is 13.2 Å². The molecule has 17 heavy (non-hydrogen) atoms. The van der Waals surface area contributed by atoms with Gasteiger partial charge in [0.15, 0.2) is 0 Å². The van der Waals surface area contributed by atoms with Crippen molar-refractivity contribution in [1.82, 2.24) is 9.55 Å². The lowest BCUT2D eigenvalue weighted by Crippen LogP contribution is -2.07. The van der Waals surface area contributed by atoms with Gasteiger partial charge in [-0.05, 0) is 24.6 Å². The van der Waals surface area contributed by atoms with Gasteiger partial charge in [-0.3, -0.25) is 0 Å². The minimum atomic E-state index is -0.528. The third-order valence-corrected chi connectivity index (χ3v) is 2.52. The summed E-state index contributed by atoms with van der Waals surface area (Å²) in [6, 6.07) is 7.51. The van der Waals surface area contributed by atoms with Crippen molar-refractivity contribution in [2.24, 2.45) is 0 Å². The number of imidazole rings is 1. The molecule has 0 saturated heterocycles. The average Bonchev–Trinajstić information content (AvgIpc) is 2.83. The van der Waals surface area contributed by atoms with Gasteiger partial charge in [0, 0.05) is 12.4 Å². The maximum absolute atomic E-state index is 10.0. The lowest BCUT2D eigenvalue weighted by atomic mass is 10.1. The first kappa shape index (κ1) is 11.7. The monoisotopic (exact) mass is 232 g/mol. The van der Waals surface area contributed by atoms with E-state index in [-0.39, 0.29) is 0 Å². The largest absolute Gasteiger partial charge is 0.494 e. The quantitative estimate of drug-likeness (QED) is 0.857. The predicted octanol–water partition coefficient (Wildman–Crippen LogP) is 2.02. The Morgan fingerprint density at radius 2 is 2.12 bits per heavy atom. The Morgan fingerprint density at radius 3 is 2.71 bits per heavy atom. The molecule has 90 valence electrons. The summed E-state index contributed by atoms with van der Waals surface area (Å²) in [4.78, 5) is 3.94. The lowest BCUT2D eigenvalue weighted by Gasteiger charge is -2.12. The van der Waals surface area contributed by atoms with Crippen LogP contribution in [0, 0.1) is 0 Å². The van der Waals surface area contributed by atoms with E-state index in [2.05, 4.69) is 4.98 Å². The van der Waals surface area contributed by atoms with Crippen LogP contribution in [0.3, 0.4) is 0 Å². The summed E-state index contributed by atoms with van der Waals surface area (Å²) in [6.45, 7) is 3.10. The van der Waals surface area contributed by atoms with Crippen LogP contribution in [0.5, 0.6) is 5.75 Å². The fraction of sp³-hybridized carbons (Fsp3) is 0.308. The second kappa shape index (κ2) is 5.50. The third kappa shape index (κ3) is 3.07. The second-order valence-electron chi connectivity index (χ2n) is 3.78. The van der Waals surface area contributed by atoms with Crippen LogP contribution in [0.4, 0.5) is 0 Å². The maximum Gasteiger partial charge on any atom is 0.119 e. The molecule has 0 amide bonds. The van der Waals surface area contributed by atoms with E-state index in [9.17, 15) is 5.11 Å². The summed E-state index contributed by atoms with van der Waals surface area (Å²) in [5.41, 5.74) is 0.877. The van der Waals surface area contributed by atoms with E-state index in [1.165, 1.54) is 0 Å². The van der Waals surface area contributed by atoms with Gasteiger partial charge in [-0.1, -0.05) is 12.1 Å². The van der Waals surface area contributed by atoms with Crippen LogP contribution in [0.1, 0.15) is 18.6 Å². The summed E-state index contributed by atoms with van der Waals surface area (Å²) >= 11 is 0. The van der Waals surface area contributed by atoms with Crippen molar-refractivity contribution in [1.29, 1.82) is 0 Å². The zero-order valence-electron chi connectivity index (χ0n) is 9.78. The molecule has 1 aromatic carbocycles. The number of benzene rings is 1. The highest BCUT2D eigenvalue weighted by molar-refractivity contribution is 5.28. The first-order valence-electron chi connectivity index (χ1n) is 5.66. The molecule has 1 atom stereocenters. The lowest BCUT2D eigenvalue weighted by molar-refractivity contribution is 0.156. The predicted molar refractivity (Wildman–Crippen MR) is 64.8 cm³/mol. The highest BCUT2D eigenvalue weighted by atomic mass is 16.5. The highest BCUT2D eigenvalue weighted by Crippen LogP contribution is 2.19. The fourth-order valence-corrected chi connectivity index (χ4v) is 1.65. The van der Waals surface area contributed by atoms with Gasteiger partial charge in [-0.25, -0.2) is 4.98 Å². The molecule has 0 aliphatic heterocycles. The van der Waals surface area contributed by atoms with Gasteiger partial charge < -0.3 is 14.4 Å². The van der Waals surface area contributed by atoms with Gasteiger partial charge in [0.1, 0.15) is 5.75 Å². The SMILES string of the molecule is CCOc1ccc(C(O)Cn2ccnc2)cc1. The number of aliphatic hydroxyl groups is 1. The Hall–Kier alpha value is -1.81. The average molecular weight is 232 g/mol. The van der Waals surface area contributed by atoms with Crippen molar-refractivity contribution < 1.29 is 9.84 Å². The number of rotatable bonds is 5. The van der Waals surface area contributed by atoms with Crippen molar-refractivity contribution >= 4 is 0 Å². The van der Waals surface area contributed by atoms with Crippen molar-refractivity contribution in [3.8, 4) is 5.75 Å². The molecule has 1 aromatic heterocycles. The number of hydrogen-bond donors (Lipinski definition) is 1. The Labute approximate surface area is 100 Å². The zero-order chi connectivity index (χ0) is 12.1. The normalized spacial score (nSPS) is 12.4. The first-order valence-corrected chi connectivity index (χ1v) is 5.66. The van der Waals surface area contributed by atoms with E-state index in [1.807, 2.05) is 42.0 Å².